The van der Waals surface area contributed by atoms with Crippen LogP contribution in [0.3, 0.4) is 0 Å². The maximum absolute atomic E-state index is 12.6. The summed E-state index contributed by atoms with van der Waals surface area (Å²) in [5, 5.41) is 3.81. The molecule has 7 nitrogen and oxygen atoms in total. The lowest BCUT2D eigenvalue weighted by Crippen LogP contribution is -2.22. The Morgan fingerprint density at radius 1 is 1.40 bits per heavy atom. The fourth-order valence-corrected chi connectivity index (χ4v) is 4.20. The van der Waals surface area contributed by atoms with Crippen molar-refractivity contribution >= 4 is 17.7 Å². The molecule has 30 heavy (non-hydrogen) atoms. The first-order valence-electron chi connectivity index (χ1n) is 9.95. The molecular weight excluding hydrogens is 402 g/mol. The Balaban J connectivity index is 1.38. The first-order valence-corrected chi connectivity index (χ1v) is 10.9. The molecule has 0 radical (unpaired) electrons. The van der Waals surface area contributed by atoms with Gasteiger partial charge in [-0.3, -0.25) is 4.79 Å². The number of carbonyl (C=O) groups excluding carboxylic acids is 1. The van der Waals surface area contributed by atoms with Crippen LogP contribution in [0.15, 0.2) is 46.2 Å². The topological polar surface area (TPSA) is 78.5 Å². The number of hydrogen-bond acceptors (Lipinski definition) is 6. The molecule has 1 aliphatic heterocycles. The summed E-state index contributed by atoms with van der Waals surface area (Å²) in [5.41, 5.74) is 2.03. The monoisotopic (exact) mass is 427 g/mol. The molecule has 3 heterocycles. The van der Waals surface area contributed by atoms with E-state index in [2.05, 4.69) is 10.3 Å². The van der Waals surface area contributed by atoms with Gasteiger partial charge in [0, 0.05) is 43.5 Å². The third-order valence-corrected chi connectivity index (χ3v) is 5.90. The minimum atomic E-state index is -0.263. The van der Waals surface area contributed by atoms with Crippen molar-refractivity contribution in [2.75, 3.05) is 6.61 Å². The minimum Gasteiger partial charge on any atom is -0.494 e. The van der Waals surface area contributed by atoms with Crippen molar-refractivity contribution in [3.63, 3.8) is 0 Å². The lowest BCUT2D eigenvalue weighted by Gasteiger charge is -2.13. The van der Waals surface area contributed by atoms with E-state index in [1.165, 1.54) is 0 Å². The van der Waals surface area contributed by atoms with E-state index in [0.29, 0.717) is 18.9 Å². The van der Waals surface area contributed by atoms with E-state index < -0.39 is 0 Å². The maximum Gasteiger partial charge on any atom is 0.287 e. The highest BCUT2D eigenvalue weighted by atomic mass is 32.2. The molecule has 1 aliphatic rings. The third-order valence-electron chi connectivity index (χ3n) is 4.82. The number of nitrogens with one attached hydrogen (secondary N) is 1. The number of carbonyl (C=O) groups is 1. The van der Waals surface area contributed by atoms with Gasteiger partial charge >= 0.3 is 0 Å². The molecule has 0 saturated carbocycles. The highest BCUT2D eigenvalue weighted by Crippen LogP contribution is 2.35. The summed E-state index contributed by atoms with van der Waals surface area (Å²) in [5.74, 6) is 2.99. The van der Waals surface area contributed by atoms with E-state index in [4.69, 9.17) is 13.9 Å². The zero-order valence-electron chi connectivity index (χ0n) is 17.3. The lowest BCUT2D eigenvalue weighted by atomic mass is 10.1. The van der Waals surface area contributed by atoms with Crippen LogP contribution in [0.1, 0.15) is 41.3 Å². The molecule has 1 atom stereocenters. The number of fused-ring (bicyclic) bond motifs is 1. The van der Waals surface area contributed by atoms with Crippen LogP contribution in [0.4, 0.5) is 0 Å². The van der Waals surface area contributed by atoms with E-state index in [-0.39, 0.29) is 17.8 Å². The van der Waals surface area contributed by atoms with Crippen LogP contribution in [0.5, 0.6) is 11.5 Å². The Labute approximate surface area is 179 Å². The van der Waals surface area contributed by atoms with Crippen molar-refractivity contribution in [1.29, 1.82) is 0 Å². The summed E-state index contributed by atoms with van der Waals surface area (Å²) in [7, 11) is 1.94. The number of imidazole rings is 1. The Hall–Kier alpha value is -2.87. The number of furan rings is 1. The van der Waals surface area contributed by atoms with Crippen molar-refractivity contribution in [2.45, 2.75) is 43.8 Å². The van der Waals surface area contributed by atoms with Crippen molar-refractivity contribution in [1.82, 2.24) is 14.9 Å². The SMILES string of the molecule is CCOc1cc2c(cc1CNC(=O)c1ccc(CSc3nccn3C)o1)OC(C)C2. The van der Waals surface area contributed by atoms with Crippen molar-refractivity contribution in [3.8, 4) is 11.5 Å². The predicted molar refractivity (Wildman–Crippen MR) is 114 cm³/mol. The van der Waals surface area contributed by atoms with Gasteiger partial charge in [0.25, 0.3) is 5.91 Å². The lowest BCUT2D eigenvalue weighted by molar-refractivity contribution is 0.0921. The van der Waals surface area contributed by atoms with Gasteiger partial charge in [-0.2, -0.15) is 0 Å². The second kappa shape index (κ2) is 8.87. The van der Waals surface area contributed by atoms with E-state index >= 15 is 0 Å². The van der Waals surface area contributed by atoms with E-state index in [9.17, 15) is 4.79 Å². The first kappa shape index (κ1) is 20.4. The van der Waals surface area contributed by atoms with E-state index in [1.807, 2.05) is 49.9 Å². The van der Waals surface area contributed by atoms with Crippen LogP contribution in [0.2, 0.25) is 0 Å². The molecule has 0 aliphatic carbocycles. The highest BCUT2D eigenvalue weighted by molar-refractivity contribution is 7.98. The average molecular weight is 428 g/mol. The molecule has 8 heteroatoms. The van der Waals surface area contributed by atoms with Gasteiger partial charge in [0.15, 0.2) is 10.9 Å². The Bertz CT molecular complexity index is 1040. The molecule has 4 rings (SSSR count). The maximum atomic E-state index is 12.6. The molecule has 0 bridgehead atoms. The molecule has 0 saturated heterocycles. The highest BCUT2D eigenvalue weighted by Gasteiger charge is 2.22. The van der Waals surface area contributed by atoms with Crippen LogP contribution in [-0.2, 0) is 25.8 Å². The van der Waals surface area contributed by atoms with Gasteiger partial charge in [0.1, 0.15) is 23.4 Å². The summed E-state index contributed by atoms with van der Waals surface area (Å²) in [6.45, 7) is 4.88. The van der Waals surface area contributed by atoms with E-state index in [1.54, 1.807) is 24.0 Å². The molecular formula is C22H25N3O4S. The molecule has 1 N–H and O–H groups in total. The molecule has 2 aromatic heterocycles. The van der Waals surface area contributed by atoms with Gasteiger partial charge < -0.3 is 23.8 Å². The number of benzene rings is 1. The van der Waals surface area contributed by atoms with Crippen LogP contribution in [0.25, 0.3) is 0 Å². The van der Waals surface area contributed by atoms with Crippen LogP contribution < -0.4 is 14.8 Å². The molecule has 1 amide bonds. The first-order chi connectivity index (χ1) is 14.5. The second-order valence-electron chi connectivity index (χ2n) is 7.19. The Morgan fingerprint density at radius 2 is 2.27 bits per heavy atom. The average Bonchev–Trinajstić information content (AvgIpc) is 3.43. The van der Waals surface area contributed by atoms with Gasteiger partial charge in [-0.25, -0.2) is 4.98 Å². The number of nitrogens with zero attached hydrogens (tertiary/aromatic N) is 2. The van der Waals surface area contributed by atoms with Gasteiger partial charge in [0.05, 0.1) is 12.4 Å². The number of aryl methyl sites for hydroxylation is 1. The molecule has 158 valence electrons. The molecule has 1 unspecified atom stereocenters. The van der Waals surface area contributed by atoms with Crippen molar-refractivity contribution in [3.05, 3.63) is 59.3 Å². The van der Waals surface area contributed by atoms with Crippen LogP contribution >= 0.6 is 11.8 Å². The minimum absolute atomic E-state index is 0.157. The zero-order chi connectivity index (χ0) is 21.1. The molecule has 3 aromatic rings. The fourth-order valence-electron chi connectivity index (χ4n) is 3.38. The second-order valence-corrected chi connectivity index (χ2v) is 8.13. The Kier molecular flexibility index (Phi) is 6.03. The number of rotatable bonds is 8. The van der Waals surface area contributed by atoms with Crippen LogP contribution in [-0.4, -0.2) is 28.2 Å². The molecule has 1 aromatic carbocycles. The van der Waals surface area contributed by atoms with Crippen LogP contribution in [0, 0.1) is 0 Å². The number of ether oxygens (including phenoxy) is 2. The Morgan fingerprint density at radius 3 is 3.03 bits per heavy atom. The number of thioether (sulfide) groups is 1. The smallest absolute Gasteiger partial charge is 0.287 e. The standard InChI is InChI=1S/C22H25N3O4S/c1-4-27-19-10-15-9-14(2)28-20(15)11-16(19)12-24-21(26)18-6-5-17(29-18)13-30-22-23-7-8-25(22)3/h5-8,10-11,14H,4,9,12-13H2,1-3H3,(H,24,26). The largest absolute Gasteiger partial charge is 0.494 e. The summed E-state index contributed by atoms with van der Waals surface area (Å²) in [6.07, 6.45) is 4.67. The number of amides is 1. The van der Waals surface area contributed by atoms with Crippen molar-refractivity contribution < 1.29 is 18.7 Å². The summed E-state index contributed by atoms with van der Waals surface area (Å²) >= 11 is 1.56. The van der Waals surface area contributed by atoms with Crippen molar-refractivity contribution in [2.24, 2.45) is 7.05 Å². The predicted octanol–water partition coefficient (Wildman–Crippen LogP) is 3.96. The fraction of sp³-hybridized carbons (Fsp3) is 0.364. The summed E-state index contributed by atoms with van der Waals surface area (Å²) < 4.78 is 19.3. The summed E-state index contributed by atoms with van der Waals surface area (Å²) in [4.78, 5) is 16.8. The van der Waals surface area contributed by atoms with Gasteiger partial charge in [0.2, 0.25) is 0 Å². The van der Waals surface area contributed by atoms with E-state index in [0.717, 1.165) is 40.0 Å². The number of hydrogen-bond donors (Lipinski definition) is 1. The van der Waals surface area contributed by atoms with Gasteiger partial charge in [-0.05, 0) is 38.1 Å². The zero-order valence-corrected chi connectivity index (χ0v) is 18.1. The molecule has 0 fully saturated rings. The molecule has 0 spiro atoms. The normalized spacial score (nSPS) is 15.0. The van der Waals surface area contributed by atoms with Gasteiger partial charge in [-0.15, -0.1) is 0 Å². The quantitative estimate of drug-likeness (QED) is 0.548. The third kappa shape index (κ3) is 4.48. The van der Waals surface area contributed by atoms with Gasteiger partial charge in [-0.1, -0.05) is 11.8 Å². The summed E-state index contributed by atoms with van der Waals surface area (Å²) in [6, 6.07) is 7.49. The number of aromatic nitrogens is 2.